The van der Waals surface area contributed by atoms with E-state index < -0.39 is 20.6 Å². The van der Waals surface area contributed by atoms with E-state index in [0.717, 1.165) is 0 Å². The molecule has 0 heterocycles. The number of benzene rings is 1. The molecular formula is C9H11NO5S. The van der Waals surface area contributed by atoms with Crippen LogP contribution in [0.1, 0.15) is 6.92 Å². The molecule has 0 aliphatic rings. The van der Waals surface area contributed by atoms with Gasteiger partial charge in [-0.3, -0.25) is 0 Å². The highest BCUT2D eigenvalue weighted by Gasteiger charge is 2.29. The van der Waals surface area contributed by atoms with Crippen LogP contribution in [0.4, 0.5) is 4.79 Å². The van der Waals surface area contributed by atoms with Gasteiger partial charge < -0.3 is 9.94 Å². The summed E-state index contributed by atoms with van der Waals surface area (Å²) in [5.41, 5.74) is 0. The Morgan fingerprint density at radius 3 is 2.44 bits per heavy atom. The molecule has 0 fully saturated rings. The van der Waals surface area contributed by atoms with E-state index in [0.29, 0.717) is 0 Å². The summed E-state index contributed by atoms with van der Waals surface area (Å²) in [6.45, 7) is 1.44. The SMILES string of the molecule is CCOC(=O)[NH+]([O-])S(=O)(=O)c1ccccc1. The second-order valence-electron chi connectivity index (χ2n) is 2.82. The van der Waals surface area contributed by atoms with E-state index in [1.807, 2.05) is 0 Å². The fourth-order valence-corrected chi connectivity index (χ4v) is 2.01. The molecule has 0 aliphatic heterocycles. The van der Waals surface area contributed by atoms with Crippen molar-refractivity contribution in [3.8, 4) is 0 Å². The topological polar surface area (TPSA) is 87.9 Å². The molecule has 1 rings (SSSR count). The Morgan fingerprint density at radius 1 is 1.38 bits per heavy atom. The Balaban J connectivity index is 2.99. The van der Waals surface area contributed by atoms with Gasteiger partial charge in [0.15, 0.2) is 0 Å². The molecule has 16 heavy (non-hydrogen) atoms. The first-order valence-electron chi connectivity index (χ1n) is 4.51. The fraction of sp³-hybridized carbons (Fsp3) is 0.222. The van der Waals surface area contributed by atoms with E-state index in [2.05, 4.69) is 4.74 Å². The molecule has 0 saturated carbocycles. The lowest BCUT2D eigenvalue weighted by Crippen LogP contribution is -3.11. The molecule has 0 aromatic heterocycles. The average Bonchev–Trinajstić information content (AvgIpc) is 2.29. The third kappa shape index (κ3) is 2.57. The summed E-state index contributed by atoms with van der Waals surface area (Å²) in [5.74, 6) is 0. The quantitative estimate of drug-likeness (QED) is 0.752. The smallest absolute Gasteiger partial charge is 0.530 e. The van der Waals surface area contributed by atoms with Crippen molar-refractivity contribution >= 4 is 16.1 Å². The number of ether oxygens (including phenoxy) is 1. The first-order valence-corrected chi connectivity index (χ1v) is 5.99. The van der Waals surface area contributed by atoms with E-state index >= 15 is 0 Å². The summed E-state index contributed by atoms with van der Waals surface area (Å²) in [6, 6.07) is 7.02. The molecular weight excluding hydrogens is 234 g/mol. The lowest BCUT2D eigenvalue weighted by molar-refractivity contribution is -0.621. The van der Waals surface area contributed by atoms with Crippen LogP contribution in [0.15, 0.2) is 35.2 Å². The van der Waals surface area contributed by atoms with Gasteiger partial charge in [-0.2, -0.15) is 17.7 Å². The molecule has 0 aliphatic carbocycles. The van der Waals surface area contributed by atoms with Crippen molar-refractivity contribution in [2.75, 3.05) is 6.61 Å². The molecule has 1 N–H and O–H groups in total. The fourth-order valence-electron chi connectivity index (χ4n) is 1.01. The molecule has 1 atom stereocenters. The first kappa shape index (κ1) is 12.6. The summed E-state index contributed by atoms with van der Waals surface area (Å²) in [4.78, 5) is 10.8. The van der Waals surface area contributed by atoms with Crippen LogP contribution in [0.3, 0.4) is 0 Å². The second kappa shape index (κ2) is 5.06. The summed E-state index contributed by atoms with van der Waals surface area (Å²) in [5, 5.41) is 11.3. The van der Waals surface area contributed by atoms with Gasteiger partial charge in [0.05, 0.1) is 6.61 Å². The highest BCUT2D eigenvalue weighted by molar-refractivity contribution is 7.85. The Kier molecular flexibility index (Phi) is 3.99. The van der Waals surface area contributed by atoms with Gasteiger partial charge in [-0.05, 0) is 19.1 Å². The van der Waals surface area contributed by atoms with Crippen molar-refractivity contribution in [2.24, 2.45) is 0 Å². The van der Waals surface area contributed by atoms with Crippen LogP contribution in [0.25, 0.3) is 0 Å². The average molecular weight is 245 g/mol. The summed E-state index contributed by atoms with van der Waals surface area (Å²) < 4.78 is 26.0. The number of sulfonamides is 1. The molecule has 0 radical (unpaired) electrons. The molecule has 1 aromatic rings. The van der Waals surface area contributed by atoms with E-state index in [9.17, 15) is 18.4 Å². The number of amides is 1. The zero-order valence-electron chi connectivity index (χ0n) is 8.54. The zero-order chi connectivity index (χ0) is 12.2. The van der Waals surface area contributed by atoms with Gasteiger partial charge in [0.1, 0.15) is 4.90 Å². The number of nitrogens with one attached hydrogen (secondary N) is 1. The molecule has 0 spiro atoms. The van der Waals surface area contributed by atoms with Crippen LogP contribution < -0.4 is 4.47 Å². The lowest BCUT2D eigenvalue weighted by atomic mass is 10.4. The van der Waals surface area contributed by atoms with Gasteiger partial charge in [-0.25, -0.2) is 0 Å². The minimum Gasteiger partial charge on any atom is -0.607 e. The molecule has 0 bridgehead atoms. The number of hydroxylamine groups is 1. The van der Waals surface area contributed by atoms with E-state index in [-0.39, 0.29) is 11.5 Å². The summed E-state index contributed by atoms with van der Waals surface area (Å²) in [6.07, 6.45) is -1.36. The molecule has 1 amide bonds. The normalized spacial score (nSPS) is 13.1. The van der Waals surface area contributed by atoms with Crippen molar-refractivity contribution in [3.05, 3.63) is 35.5 Å². The molecule has 7 heteroatoms. The highest BCUT2D eigenvalue weighted by atomic mass is 32.2. The standard InChI is InChI=1S/C9H11NO5S/c1-2-15-9(11)10(12)16(13,14)8-6-4-3-5-7-8/h3-7,10H,2H2,1H3. The van der Waals surface area contributed by atoms with E-state index in [1.54, 1.807) is 6.07 Å². The summed E-state index contributed by atoms with van der Waals surface area (Å²) >= 11 is 0. The predicted octanol–water partition coefficient (Wildman–Crippen LogP) is -0.0855. The van der Waals surface area contributed by atoms with Crippen molar-refractivity contribution in [1.29, 1.82) is 0 Å². The Morgan fingerprint density at radius 2 is 1.94 bits per heavy atom. The number of hydrogen-bond acceptors (Lipinski definition) is 5. The first-order chi connectivity index (χ1) is 7.50. The third-order valence-corrected chi connectivity index (χ3v) is 3.29. The minimum atomic E-state index is -4.27. The van der Waals surface area contributed by atoms with E-state index in [1.165, 1.54) is 31.2 Å². The van der Waals surface area contributed by atoms with Crippen molar-refractivity contribution in [2.45, 2.75) is 11.8 Å². The molecule has 1 unspecified atom stereocenters. The lowest BCUT2D eigenvalue weighted by Gasteiger charge is -2.17. The van der Waals surface area contributed by atoms with Gasteiger partial charge in [0, 0.05) is 0 Å². The van der Waals surface area contributed by atoms with Gasteiger partial charge in [-0.15, -0.1) is 0 Å². The molecule has 0 saturated heterocycles. The van der Waals surface area contributed by atoms with E-state index in [4.69, 9.17) is 0 Å². The monoisotopic (exact) mass is 245 g/mol. The van der Waals surface area contributed by atoms with Crippen LogP contribution >= 0.6 is 0 Å². The van der Waals surface area contributed by atoms with Crippen LogP contribution in [0, 0.1) is 5.21 Å². The number of hydrogen-bond donors (Lipinski definition) is 1. The van der Waals surface area contributed by atoms with Gasteiger partial charge in [0.25, 0.3) is 0 Å². The molecule has 1 aromatic carbocycles. The van der Waals surface area contributed by atoms with Crippen LogP contribution in [-0.2, 0) is 14.8 Å². The highest BCUT2D eigenvalue weighted by Crippen LogP contribution is 2.03. The van der Waals surface area contributed by atoms with Crippen molar-refractivity contribution in [1.82, 2.24) is 0 Å². The van der Waals surface area contributed by atoms with Gasteiger partial charge >= 0.3 is 16.1 Å². The van der Waals surface area contributed by atoms with Gasteiger partial charge in [-0.1, -0.05) is 18.2 Å². The number of carbonyl (C=O) groups is 1. The van der Waals surface area contributed by atoms with Crippen molar-refractivity contribution in [3.63, 3.8) is 0 Å². The largest absolute Gasteiger partial charge is 0.607 e. The summed E-state index contributed by atoms with van der Waals surface area (Å²) in [7, 11) is -4.27. The predicted molar refractivity (Wildman–Crippen MR) is 55.0 cm³/mol. The van der Waals surface area contributed by atoms with Gasteiger partial charge in [0.2, 0.25) is 0 Å². The Labute approximate surface area is 93.1 Å². The number of quaternary nitrogens is 1. The second-order valence-corrected chi connectivity index (χ2v) is 4.67. The Bertz CT molecular complexity index is 456. The van der Waals surface area contributed by atoms with Crippen LogP contribution in [0.5, 0.6) is 0 Å². The maximum atomic E-state index is 11.6. The number of rotatable bonds is 3. The maximum Gasteiger partial charge on any atom is 0.530 e. The number of carbonyl (C=O) groups excluding carboxylic acids is 1. The third-order valence-electron chi connectivity index (χ3n) is 1.74. The maximum absolute atomic E-state index is 11.6. The Hall–Kier alpha value is -1.44. The molecule has 88 valence electrons. The zero-order valence-corrected chi connectivity index (χ0v) is 9.36. The van der Waals surface area contributed by atoms with Crippen LogP contribution in [0.2, 0.25) is 0 Å². The molecule has 6 nitrogen and oxygen atoms in total. The van der Waals surface area contributed by atoms with Crippen molar-refractivity contribution < 1.29 is 22.4 Å². The van der Waals surface area contributed by atoms with Crippen LogP contribution in [-0.4, -0.2) is 21.1 Å². The minimum absolute atomic E-state index is 0.0467.